The van der Waals surface area contributed by atoms with Crippen LogP contribution in [-0.2, 0) is 4.74 Å². The van der Waals surface area contributed by atoms with Crippen molar-refractivity contribution in [3.63, 3.8) is 0 Å². The Morgan fingerprint density at radius 2 is 1.95 bits per heavy atom. The average molecular weight is 269 g/mol. The Kier molecular flexibility index (Phi) is 4.83. The number of nitrogens with zero attached hydrogens (tertiary/aromatic N) is 2. The summed E-state index contributed by atoms with van der Waals surface area (Å²) in [6, 6.07) is 15.0. The minimum Gasteiger partial charge on any atom is -0.449 e. The Morgan fingerprint density at radius 3 is 2.60 bits per heavy atom. The van der Waals surface area contributed by atoms with E-state index >= 15 is 0 Å². The third kappa shape index (κ3) is 3.65. The fourth-order valence-electron chi connectivity index (χ4n) is 1.63. The first kappa shape index (κ1) is 13.7. The lowest BCUT2D eigenvalue weighted by atomic mass is 10.1. The first-order chi connectivity index (χ1) is 9.81. The maximum atomic E-state index is 11.3. The second kappa shape index (κ2) is 7.04. The van der Waals surface area contributed by atoms with Gasteiger partial charge in [0, 0.05) is 11.8 Å². The monoisotopic (exact) mass is 269 g/mol. The number of amides is 1. The van der Waals surface area contributed by atoms with Crippen LogP contribution in [0.15, 0.2) is 59.8 Å². The van der Waals surface area contributed by atoms with Crippen molar-refractivity contribution >= 4 is 11.8 Å². The van der Waals surface area contributed by atoms with Crippen LogP contribution in [0.4, 0.5) is 4.79 Å². The highest BCUT2D eigenvalue weighted by molar-refractivity contribution is 6.11. The van der Waals surface area contributed by atoms with E-state index in [2.05, 4.69) is 15.5 Å². The summed E-state index contributed by atoms with van der Waals surface area (Å²) in [5.74, 6) is 0. The summed E-state index contributed by atoms with van der Waals surface area (Å²) in [5, 5.41) is 4.11. The maximum absolute atomic E-state index is 11.3. The zero-order chi connectivity index (χ0) is 14.2. The smallest absolute Gasteiger partial charge is 0.427 e. The number of aromatic nitrogens is 1. The minimum atomic E-state index is -0.586. The molecule has 0 radical (unpaired) electrons. The normalized spacial score (nSPS) is 10.9. The predicted octanol–water partition coefficient (Wildman–Crippen LogP) is 2.58. The van der Waals surface area contributed by atoms with Gasteiger partial charge in [-0.3, -0.25) is 4.98 Å². The largest absolute Gasteiger partial charge is 0.449 e. The molecule has 0 fully saturated rings. The van der Waals surface area contributed by atoms with Crippen LogP contribution in [0, 0.1) is 0 Å². The Bertz CT molecular complexity index is 541. The van der Waals surface area contributed by atoms with Crippen LogP contribution in [0.5, 0.6) is 0 Å². The van der Waals surface area contributed by atoms with E-state index in [9.17, 15) is 4.79 Å². The number of rotatable bonds is 4. The van der Waals surface area contributed by atoms with Crippen molar-refractivity contribution in [2.45, 2.75) is 6.92 Å². The number of ether oxygens (including phenoxy) is 1. The van der Waals surface area contributed by atoms with Crippen LogP contribution in [0.3, 0.4) is 0 Å². The van der Waals surface area contributed by atoms with E-state index < -0.39 is 6.09 Å². The highest BCUT2D eigenvalue weighted by Gasteiger charge is 2.09. The van der Waals surface area contributed by atoms with Gasteiger partial charge in [0.2, 0.25) is 0 Å². The molecule has 0 saturated carbocycles. The molecule has 0 aliphatic rings. The number of carbonyl (C=O) groups is 1. The van der Waals surface area contributed by atoms with E-state index in [4.69, 9.17) is 4.74 Å². The van der Waals surface area contributed by atoms with Crippen molar-refractivity contribution in [1.82, 2.24) is 10.4 Å². The Labute approximate surface area is 117 Å². The molecular weight excluding hydrogens is 254 g/mol. The lowest BCUT2D eigenvalue weighted by Crippen LogP contribution is -2.21. The number of benzene rings is 1. The van der Waals surface area contributed by atoms with Gasteiger partial charge in [-0.2, -0.15) is 5.10 Å². The first-order valence-electron chi connectivity index (χ1n) is 6.28. The zero-order valence-corrected chi connectivity index (χ0v) is 11.1. The number of pyridine rings is 1. The van der Waals surface area contributed by atoms with Gasteiger partial charge >= 0.3 is 6.09 Å². The standard InChI is InChI=1S/C15H15N3O2/c1-2-20-15(19)18-17-14(12-8-4-3-5-9-12)13-10-6-7-11-16-13/h3-11H,2H2,1H3,(H,18,19)/b17-14-. The Morgan fingerprint density at radius 1 is 1.20 bits per heavy atom. The summed E-state index contributed by atoms with van der Waals surface area (Å²) in [4.78, 5) is 15.6. The van der Waals surface area contributed by atoms with Gasteiger partial charge in [0.25, 0.3) is 0 Å². The number of hydrogen-bond donors (Lipinski definition) is 1. The molecule has 0 aliphatic heterocycles. The summed E-state index contributed by atoms with van der Waals surface area (Å²) in [5.41, 5.74) is 4.49. The Hall–Kier alpha value is -2.69. The van der Waals surface area contributed by atoms with Gasteiger partial charge in [0.1, 0.15) is 5.71 Å². The van der Waals surface area contributed by atoms with E-state index in [0.717, 1.165) is 5.56 Å². The van der Waals surface area contributed by atoms with Crippen molar-refractivity contribution in [3.05, 3.63) is 66.0 Å². The number of hydrazone groups is 1. The predicted molar refractivity (Wildman–Crippen MR) is 76.5 cm³/mol. The van der Waals surface area contributed by atoms with Crippen LogP contribution < -0.4 is 5.43 Å². The van der Waals surface area contributed by atoms with Gasteiger partial charge in [0.05, 0.1) is 12.3 Å². The van der Waals surface area contributed by atoms with E-state index in [1.54, 1.807) is 13.1 Å². The summed E-state index contributed by atoms with van der Waals surface area (Å²) >= 11 is 0. The molecule has 0 unspecified atom stereocenters. The topological polar surface area (TPSA) is 63.6 Å². The quantitative estimate of drug-likeness (QED) is 0.685. The molecule has 102 valence electrons. The molecule has 1 heterocycles. The van der Waals surface area contributed by atoms with E-state index in [-0.39, 0.29) is 0 Å². The van der Waals surface area contributed by atoms with Crippen molar-refractivity contribution in [2.75, 3.05) is 6.61 Å². The molecule has 1 aromatic carbocycles. The first-order valence-corrected chi connectivity index (χ1v) is 6.28. The summed E-state index contributed by atoms with van der Waals surface area (Å²) in [6.45, 7) is 2.03. The molecular formula is C15H15N3O2. The summed E-state index contributed by atoms with van der Waals surface area (Å²) in [7, 11) is 0. The molecule has 20 heavy (non-hydrogen) atoms. The molecule has 5 nitrogen and oxygen atoms in total. The lowest BCUT2D eigenvalue weighted by Gasteiger charge is -2.06. The van der Waals surface area contributed by atoms with Gasteiger partial charge in [-0.25, -0.2) is 10.2 Å². The number of hydrogen-bond acceptors (Lipinski definition) is 4. The van der Waals surface area contributed by atoms with Gasteiger partial charge < -0.3 is 4.74 Å². The van der Waals surface area contributed by atoms with E-state index in [1.807, 2.05) is 48.5 Å². The van der Waals surface area contributed by atoms with Crippen molar-refractivity contribution < 1.29 is 9.53 Å². The molecule has 5 heteroatoms. The van der Waals surface area contributed by atoms with Crippen molar-refractivity contribution in [2.24, 2.45) is 5.10 Å². The third-order valence-corrected chi connectivity index (χ3v) is 2.49. The van der Waals surface area contributed by atoms with Crippen LogP contribution in [0.2, 0.25) is 0 Å². The summed E-state index contributed by atoms with van der Waals surface area (Å²) < 4.78 is 4.79. The molecule has 2 aromatic rings. The molecule has 0 aliphatic carbocycles. The van der Waals surface area contributed by atoms with E-state index in [0.29, 0.717) is 18.0 Å². The van der Waals surface area contributed by atoms with Crippen LogP contribution in [0.25, 0.3) is 0 Å². The van der Waals surface area contributed by atoms with Crippen LogP contribution in [-0.4, -0.2) is 23.4 Å². The highest BCUT2D eigenvalue weighted by Crippen LogP contribution is 2.08. The fraction of sp³-hybridized carbons (Fsp3) is 0.133. The second-order valence-corrected chi connectivity index (χ2v) is 3.87. The van der Waals surface area contributed by atoms with Gasteiger partial charge in [0.15, 0.2) is 0 Å². The van der Waals surface area contributed by atoms with Crippen LogP contribution in [0.1, 0.15) is 18.2 Å². The molecule has 1 aromatic heterocycles. The third-order valence-electron chi connectivity index (χ3n) is 2.49. The maximum Gasteiger partial charge on any atom is 0.427 e. The van der Waals surface area contributed by atoms with Gasteiger partial charge in [-0.15, -0.1) is 0 Å². The number of nitrogens with one attached hydrogen (secondary N) is 1. The zero-order valence-electron chi connectivity index (χ0n) is 11.1. The molecule has 0 atom stereocenters. The van der Waals surface area contributed by atoms with Gasteiger partial charge in [-0.1, -0.05) is 36.4 Å². The molecule has 2 rings (SSSR count). The SMILES string of the molecule is CCOC(=O)N/N=C(/c1ccccc1)c1ccccn1. The van der Waals surface area contributed by atoms with Crippen LogP contribution >= 0.6 is 0 Å². The number of carbonyl (C=O) groups excluding carboxylic acids is 1. The van der Waals surface area contributed by atoms with Gasteiger partial charge in [-0.05, 0) is 19.1 Å². The van der Waals surface area contributed by atoms with Crippen molar-refractivity contribution in [1.29, 1.82) is 0 Å². The molecule has 0 saturated heterocycles. The van der Waals surface area contributed by atoms with E-state index in [1.165, 1.54) is 0 Å². The highest BCUT2D eigenvalue weighted by atomic mass is 16.5. The molecule has 0 bridgehead atoms. The lowest BCUT2D eigenvalue weighted by molar-refractivity contribution is 0.152. The molecule has 1 amide bonds. The average Bonchev–Trinajstić information content (AvgIpc) is 2.50. The molecule has 1 N–H and O–H groups in total. The Balaban J connectivity index is 2.30. The fourth-order valence-corrected chi connectivity index (χ4v) is 1.63. The minimum absolute atomic E-state index is 0.297. The second-order valence-electron chi connectivity index (χ2n) is 3.87. The summed E-state index contributed by atoms with van der Waals surface area (Å²) in [6.07, 6.45) is 1.09. The molecule has 0 spiro atoms. The van der Waals surface area contributed by atoms with Crippen molar-refractivity contribution in [3.8, 4) is 0 Å².